The first-order valence-corrected chi connectivity index (χ1v) is 3.29. The summed E-state index contributed by atoms with van der Waals surface area (Å²) in [5.74, 6) is 0.446. The van der Waals surface area contributed by atoms with Crippen LogP contribution in [0.5, 0.6) is 0 Å². The maximum atomic E-state index is 8.50. The highest BCUT2D eigenvalue weighted by atomic mass is 14.2. The summed E-state index contributed by atoms with van der Waals surface area (Å²) in [6.07, 6.45) is 9.66. The molecule has 0 aromatic rings. The Morgan fingerprint density at radius 3 is 3.00 bits per heavy atom. The Hall–Kier alpha value is -1.29. The minimum atomic E-state index is 0.446. The van der Waals surface area contributed by atoms with Gasteiger partial charge in [0.15, 0.2) is 0 Å². The average molecular weight is 131 g/mol. The van der Waals surface area contributed by atoms with Gasteiger partial charge in [-0.2, -0.15) is 5.26 Å². The van der Waals surface area contributed by atoms with Crippen molar-refractivity contribution in [1.82, 2.24) is 0 Å². The molecule has 0 bridgehead atoms. The first kappa shape index (κ1) is 6.82. The fourth-order valence-electron chi connectivity index (χ4n) is 0.784. The van der Waals surface area contributed by atoms with Gasteiger partial charge in [-0.05, 0) is 18.1 Å². The molecule has 10 heavy (non-hydrogen) atoms. The van der Waals surface area contributed by atoms with Crippen molar-refractivity contribution >= 4 is 0 Å². The van der Waals surface area contributed by atoms with Gasteiger partial charge in [-0.1, -0.05) is 25.2 Å². The molecular weight excluding hydrogens is 122 g/mol. The first-order valence-electron chi connectivity index (χ1n) is 3.29. The predicted octanol–water partition coefficient (Wildman–Crippen LogP) is 2.20. The molecule has 1 aliphatic rings. The lowest BCUT2D eigenvalue weighted by atomic mass is 10.1. The van der Waals surface area contributed by atoms with Gasteiger partial charge in [0, 0.05) is 0 Å². The second kappa shape index (κ2) is 3.03. The van der Waals surface area contributed by atoms with Crippen LogP contribution in [0.1, 0.15) is 6.92 Å². The van der Waals surface area contributed by atoms with E-state index in [0.29, 0.717) is 5.92 Å². The number of nitriles is 1. The zero-order valence-electron chi connectivity index (χ0n) is 5.91. The highest BCUT2D eigenvalue weighted by Gasteiger charge is 1.94. The molecule has 0 saturated heterocycles. The third-order valence-corrected chi connectivity index (χ3v) is 1.40. The molecule has 0 fully saturated rings. The maximum Gasteiger partial charge on any atom is 0.0991 e. The van der Waals surface area contributed by atoms with E-state index in [-0.39, 0.29) is 0 Å². The van der Waals surface area contributed by atoms with Gasteiger partial charge in [-0.25, -0.2) is 0 Å². The van der Waals surface area contributed by atoms with Crippen molar-refractivity contribution in [3.8, 4) is 6.07 Å². The molecule has 50 valence electrons. The van der Waals surface area contributed by atoms with Gasteiger partial charge in [-0.15, -0.1) is 0 Å². The summed E-state index contributed by atoms with van der Waals surface area (Å²) < 4.78 is 0. The van der Waals surface area contributed by atoms with Crippen molar-refractivity contribution in [2.45, 2.75) is 6.92 Å². The largest absolute Gasteiger partial charge is 0.192 e. The van der Waals surface area contributed by atoms with Crippen LogP contribution in [-0.4, -0.2) is 0 Å². The van der Waals surface area contributed by atoms with E-state index in [2.05, 4.69) is 19.1 Å². The van der Waals surface area contributed by atoms with Gasteiger partial charge in [-0.3, -0.25) is 0 Å². The van der Waals surface area contributed by atoms with E-state index < -0.39 is 0 Å². The van der Waals surface area contributed by atoms with Crippen molar-refractivity contribution in [1.29, 1.82) is 5.26 Å². The van der Waals surface area contributed by atoms with Gasteiger partial charge in [0.05, 0.1) is 11.6 Å². The molecule has 0 heterocycles. The van der Waals surface area contributed by atoms with Crippen LogP contribution in [0.4, 0.5) is 0 Å². The van der Waals surface area contributed by atoms with Crippen LogP contribution in [0.15, 0.2) is 36.0 Å². The van der Waals surface area contributed by atoms with Crippen LogP contribution in [0.25, 0.3) is 0 Å². The monoisotopic (exact) mass is 131 g/mol. The fraction of sp³-hybridized carbons (Fsp3) is 0.222. The molecule has 0 aromatic heterocycles. The topological polar surface area (TPSA) is 23.8 Å². The normalized spacial score (nSPS) is 23.2. The Morgan fingerprint density at radius 1 is 1.50 bits per heavy atom. The zero-order chi connectivity index (χ0) is 7.40. The highest BCUT2D eigenvalue weighted by Crippen LogP contribution is 2.07. The number of rotatable bonds is 0. The zero-order valence-corrected chi connectivity index (χ0v) is 5.91. The van der Waals surface area contributed by atoms with Crippen LogP contribution in [0.2, 0.25) is 0 Å². The molecule has 1 aliphatic carbocycles. The Balaban J connectivity index is 2.83. The van der Waals surface area contributed by atoms with E-state index in [4.69, 9.17) is 5.26 Å². The molecule has 0 radical (unpaired) electrons. The van der Waals surface area contributed by atoms with Crippen molar-refractivity contribution in [3.05, 3.63) is 36.0 Å². The molecule has 1 rings (SSSR count). The van der Waals surface area contributed by atoms with Crippen molar-refractivity contribution in [2.24, 2.45) is 5.92 Å². The fourth-order valence-corrected chi connectivity index (χ4v) is 0.784. The van der Waals surface area contributed by atoms with Crippen molar-refractivity contribution in [3.63, 3.8) is 0 Å². The molecule has 0 aromatic carbocycles. The van der Waals surface area contributed by atoms with Gasteiger partial charge >= 0.3 is 0 Å². The minimum Gasteiger partial charge on any atom is -0.192 e. The molecule has 0 amide bonds. The second-order valence-electron chi connectivity index (χ2n) is 2.34. The summed E-state index contributed by atoms with van der Waals surface area (Å²) >= 11 is 0. The molecular formula is C9H9N. The summed E-state index contributed by atoms with van der Waals surface area (Å²) in [6, 6.07) is 2.09. The SMILES string of the molecule is CC1C=CC=C(C#N)C=C1. The third kappa shape index (κ3) is 1.60. The molecule has 0 spiro atoms. The van der Waals surface area contributed by atoms with Crippen molar-refractivity contribution in [2.75, 3.05) is 0 Å². The summed E-state index contributed by atoms with van der Waals surface area (Å²) in [5, 5.41) is 8.50. The molecule has 1 unspecified atom stereocenters. The van der Waals surface area contributed by atoms with Crippen molar-refractivity contribution < 1.29 is 0 Å². The van der Waals surface area contributed by atoms with E-state index in [9.17, 15) is 0 Å². The van der Waals surface area contributed by atoms with E-state index in [1.165, 1.54) is 0 Å². The predicted molar refractivity (Wildman–Crippen MR) is 41.1 cm³/mol. The van der Waals surface area contributed by atoms with E-state index in [1.807, 2.05) is 24.3 Å². The lowest BCUT2D eigenvalue weighted by Gasteiger charge is -1.91. The quantitative estimate of drug-likeness (QED) is 0.494. The van der Waals surface area contributed by atoms with Crippen LogP contribution < -0.4 is 0 Å². The molecule has 0 saturated carbocycles. The van der Waals surface area contributed by atoms with Crippen LogP contribution in [0.3, 0.4) is 0 Å². The van der Waals surface area contributed by atoms with E-state index in [0.717, 1.165) is 5.57 Å². The van der Waals surface area contributed by atoms with E-state index in [1.54, 1.807) is 0 Å². The second-order valence-corrected chi connectivity index (χ2v) is 2.34. The Morgan fingerprint density at radius 2 is 2.30 bits per heavy atom. The van der Waals surface area contributed by atoms with E-state index >= 15 is 0 Å². The summed E-state index contributed by atoms with van der Waals surface area (Å²) in [5.41, 5.74) is 0.723. The molecule has 1 nitrogen and oxygen atoms in total. The van der Waals surface area contributed by atoms with Crippen LogP contribution in [0, 0.1) is 17.2 Å². The molecule has 0 aliphatic heterocycles. The van der Waals surface area contributed by atoms with Gasteiger partial charge in [0.1, 0.15) is 0 Å². The Kier molecular flexibility index (Phi) is 2.07. The standard InChI is InChI=1S/C9H9N/c1-8-3-2-4-9(7-10)6-5-8/h2-6,8H,1H3. The lowest BCUT2D eigenvalue weighted by Crippen LogP contribution is -1.78. The van der Waals surface area contributed by atoms with Gasteiger partial charge in [0.2, 0.25) is 0 Å². The smallest absolute Gasteiger partial charge is 0.0991 e. The molecule has 1 heteroatoms. The number of nitrogens with zero attached hydrogens (tertiary/aromatic N) is 1. The summed E-state index contributed by atoms with van der Waals surface area (Å²) in [6.45, 7) is 2.08. The Labute approximate surface area is 61.0 Å². The lowest BCUT2D eigenvalue weighted by molar-refractivity contribution is 0.942. The molecule has 0 N–H and O–H groups in total. The first-order chi connectivity index (χ1) is 4.83. The number of allylic oxidation sites excluding steroid dienone is 6. The Bertz CT molecular complexity index is 238. The average Bonchev–Trinajstić information content (AvgIpc) is 2.14. The maximum absolute atomic E-state index is 8.50. The summed E-state index contributed by atoms with van der Waals surface area (Å²) in [7, 11) is 0. The van der Waals surface area contributed by atoms with Gasteiger partial charge in [0.25, 0.3) is 0 Å². The highest BCUT2D eigenvalue weighted by molar-refractivity contribution is 5.38. The minimum absolute atomic E-state index is 0.446. The number of hydrogen-bond donors (Lipinski definition) is 0. The van der Waals surface area contributed by atoms with Gasteiger partial charge < -0.3 is 0 Å². The molecule has 1 atom stereocenters. The summed E-state index contributed by atoms with van der Waals surface area (Å²) in [4.78, 5) is 0. The van der Waals surface area contributed by atoms with Crippen LogP contribution in [-0.2, 0) is 0 Å². The number of hydrogen-bond acceptors (Lipinski definition) is 1. The van der Waals surface area contributed by atoms with Crippen LogP contribution >= 0.6 is 0 Å². The third-order valence-electron chi connectivity index (χ3n) is 1.40.